The van der Waals surface area contributed by atoms with Crippen molar-refractivity contribution in [3.63, 3.8) is 0 Å². The van der Waals surface area contributed by atoms with Gasteiger partial charge in [0.2, 0.25) is 0 Å². The molecule has 110 valence electrons. The van der Waals surface area contributed by atoms with Crippen LogP contribution < -0.4 is 14.8 Å². The molecule has 1 aliphatic rings. The summed E-state index contributed by atoms with van der Waals surface area (Å²) in [6.07, 6.45) is 0. The zero-order chi connectivity index (χ0) is 14.7. The van der Waals surface area contributed by atoms with E-state index < -0.39 is 0 Å². The van der Waals surface area contributed by atoms with Gasteiger partial charge in [0.05, 0.1) is 6.04 Å². The number of nitrogens with one attached hydrogen (secondary N) is 1. The van der Waals surface area contributed by atoms with Crippen LogP contribution in [-0.4, -0.2) is 19.8 Å². The summed E-state index contributed by atoms with van der Waals surface area (Å²) in [5.74, 6) is 1.71. The normalized spacial score (nSPS) is 14.8. The number of hydrogen-bond acceptors (Lipinski definition) is 3. The van der Waals surface area contributed by atoms with Crippen molar-refractivity contribution in [2.24, 2.45) is 0 Å². The predicted molar refractivity (Wildman–Crippen MR) is 84.1 cm³/mol. The molecule has 3 rings (SSSR count). The quantitative estimate of drug-likeness (QED) is 0.932. The second-order valence-corrected chi connectivity index (χ2v) is 5.28. The minimum absolute atomic E-state index is 0.117. The topological polar surface area (TPSA) is 30.5 Å². The second-order valence-electron chi connectivity index (χ2n) is 5.28. The minimum atomic E-state index is 0.117. The van der Waals surface area contributed by atoms with Gasteiger partial charge in [-0.25, -0.2) is 0 Å². The van der Waals surface area contributed by atoms with Gasteiger partial charge < -0.3 is 14.8 Å². The lowest BCUT2D eigenvalue weighted by Crippen LogP contribution is -2.24. The van der Waals surface area contributed by atoms with Gasteiger partial charge in [-0.3, -0.25) is 0 Å². The highest BCUT2D eigenvalue weighted by atomic mass is 16.6. The van der Waals surface area contributed by atoms with E-state index in [9.17, 15) is 0 Å². The van der Waals surface area contributed by atoms with E-state index in [0.29, 0.717) is 13.2 Å². The van der Waals surface area contributed by atoms with Crippen molar-refractivity contribution in [1.29, 1.82) is 0 Å². The summed E-state index contributed by atoms with van der Waals surface area (Å²) in [5, 5.41) is 3.56. The molecule has 3 nitrogen and oxygen atoms in total. The highest BCUT2D eigenvalue weighted by Gasteiger charge is 2.22. The highest BCUT2D eigenvalue weighted by molar-refractivity contribution is 5.51. The zero-order valence-corrected chi connectivity index (χ0v) is 12.6. The molecule has 0 aromatic heterocycles. The lowest BCUT2D eigenvalue weighted by atomic mass is 9.96. The molecule has 1 aliphatic heterocycles. The van der Waals surface area contributed by atoms with Crippen LogP contribution in [-0.2, 0) is 0 Å². The van der Waals surface area contributed by atoms with Crippen LogP contribution in [0.25, 0.3) is 0 Å². The molecular weight excluding hydrogens is 262 g/mol. The first-order chi connectivity index (χ1) is 10.3. The first-order valence-corrected chi connectivity index (χ1v) is 7.48. The highest BCUT2D eigenvalue weighted by Crippen LogP contribution is 2.39. The third kappa shape index (κ3) is 2.88. The summed E-state index contributed by atoms with van der Waals surface area (Å²) in [6.45, 7) is 6.36. The smallest absolute Gasteiger partial charge is 0.166 e. The van der Waals surface area contributed by atoms with E-state index in [2.05, 4.69) is 49.5 Å². The Labute approximate surface area is 125 Å². The van der Waals surface area contributed by atoms with Crippen molar-refractivity contribution in [1.82, 2.24) is 5.32 Å². The first-order valence-electron chi connectivity index (χ1n) is 7.48. The van der Waals surface area contributed by atoms with Gasteiger partial charge in [-0.2, -0.15) is 0 Å². The number of para-hydroxylation sites is 1. The molecule has 0 saturated carbocycles. The Hall–Kier alpha value is -2.00. The summed E-state index contributed by atoms with van der Waals surface area (Å²) in [6, 6.07) is 14.8. The van der Waals surface area contributed by atoms with Crippen LogP contribution in [0.2, 0.25) is 0 Å². The Bertz CT molecular complexity index is 624. The zero-order valence-electron chi connectivity index (χ0n) is 12.6. The lowest BCUT2D eigenvalue weighted by Gasteiger charge is -2.26. The van der Waals surface area contributed by atoms with Crippen LogP contribution in [0.1, 0.15) is 29.7 Å². The van der Waals surface area contributed by atoms with E-state index in [1.165, 1.54) is 11.1 Å². The number of rotatable bonds is 4. The Balaban J connectivity index is 2.05. The van der Waals surface area contributed by atoms with Gasteiger partial charge in [0, 0.05) is 5.56 Å². The monoisotopic (exact) mass is 283 g/mol. The molecule has 2 aromatic carbocycles. The van der Waals surface area contributed by atoms with E-state index >= 15 is 0 Å². The molecule has 1 heterocycles. The molecule has 1 atom stereocenters. The van der Waals surface area contributed by atoms with Crippen LogP contribution in [0, 0.1) is 6.92 Å². The van der Waals surface area contributed by atoms with Crippen molar-refractivity contribution in [3.05, 3.63) is 59.2 Å². The van der Waals surface area contributed by atoms with E-state index in [1.807, 2.05) is 12.1 Å². The maximum absolute atomic E-state index is 5.87. The van der Waals surface area contributed by atoms with E-state index in [1.54, 1.807) is 0 Å². The van der Waals surface area contributed by atoms with Gasteiger partial charge in [-0.1, -0.05) is 48.9 Å². The largest absolute Gasteiger partial charge is 0.486 e. The van der Waals surface area contributed by atoms with E-state index in [0.717, 1.165) is 23.6 Å². The number of fused-ring (bicyclic) bond motifs is 1. The Morgan fingerprint density at radius 3 is 2.71 bits per heavy atom. The molecule has 0 radical (unpaired) electrons. The van der Waals surface area contributed by atoms with Crippen molar-refractivity contribution in [3.8, 4) is 11.5 Å². The molecule has 1 unspecified atom stereocenters. The van der Waals surface area contributed by atoms with Crippen LogP contribution in [0.4, 0.5) is 0 Å². The third-order valence-electron chi connectivity index (χ3n) is 3.69. The summed E-state index contributed by atoms with van der Waals surface area (Å²) < 4.78 is 11.6. The van der Waals surface area contributed by atoms with Crippen LogP contribution >= 0.6 is 0 Å². The van der Waals surface area contributed by atoms with Crippen molar-refractivity contribution in [2.75, 3.05) is 19.8 Å². The predicted octanol–water partition coefficient (Wildman–Crippen LogP) is 3.47. The summed E-state index contributed by atoms with van der Waals surface area (Å²) in [4.78, 5) is 0. The molecule has 0 bridgehead atoms. The molecule has 0 fully saturated rings. The van der Waals surface area contributed by atoms with Crippen LogP contribution in [0.3, 0.4) is 0 Å². The average Bonchev–Trinajstić information content (AvgIpc) is 2.52. The second kappa shape index (κ2) is 6.19. The van der Waals surface area contributed by atoms with Crippen molar-refractivity contribution >= 4 is 0 Å². The molecule has 21 heavy (non-hydrogen) atoms. The number of hydrogen-bond donors (Lipinski definition) is 1. The molecule has 0 amide bonds. The number of ether oxygens (including phenoxy) is 2. The minimum Gasteiger partial charge on any atom is -0.486 e. The molecule has 1 N–H and O–H groups in total. The summed E-state index contributed by atoms with van der Waals surface area (Å²) in [5.41, 5.74) is 3.65. The van der Waals surface area contributed by atoms with Crippen molar-refractivity contribution in [2.45, 2.75) is 19.9 Å². The van der Waals surface area contributed by atoms with Crippen LogP contribution in [0.15, 0.2) is 42.5 Å². The fourth-order valence-electron chi connectivity index (χ4n) is 2.78. The van der Waals surface area contributed by atoms with Gasteiger partial charge in [0.1, 0.15) is 13.2 Å². The van der Waals surface area contributed by atoms with Gasteiger partial charge in [-0.15, -0.1) is 0 Å². The fourth-order valence-corrected chi connectivity index (χ4v) is 2.78. The molecule has 0 saturated heterocycles. The Morgan fingerprint density at radius 2 is 1.90 bits per heavy atom. The van der Waals surface area contributed by atoms with Gasteiger partial charge in [0.15, 0.2) is 11.5 Å². The molecular formula is C18H21NO2. The van der Waals surface area contributed by atoms with Crippen LogP contribution in [0.5, 0.6) is 11.5 Å². The Morgan fingerprint density at radius 1 is 1.10 bits per heavy atom. The van der Waals surface area contributed by atoms with Crippen molar-refractivity contribution < 1.29 is 9.47 Å². The Kier molecular flexibility index (Phi) is 4.11. The molecule has 2 aromatic rings. The van der Waals surface area contributed by atoms with Gasteiger partial charge >= 0.3 is 0 Å². The maximum Gasteiger partial charge on any atom is 0.166 e. The SMILES string of the molecule is CCNC(c1cccc(C)c1)c1cccc2c1OCCO2. The summed E-state index contributed by atoms with van der Waals surface area (Å²) >= 11 is 0. The molecule has 0 spiro atoms. The molecule has 0 aliphatic carbocycles. The lowest BCUT2D eigenvalue weighted by molar-refractivity contribution is 0.169. The standard InChI is InChI=1S/C18H21NO2/c1-3-19-17(14-7-4-6-13(2)12-14)15-8-5-9-16-18(15)21-11-10-20-16/h4-9,12,17,19H,3,10-11H2,1-2H3. The van der Waals surface area contributed by atoms with E-state index in [4.69, 9.17) is 9.47 Å². The van der Waals surface area contributed by atoms with Gasteiger partial charge in [0.25, 0.3) is 0 Å². The first kappa shape index (κ1) is 14.0. The molecule has 3 heteroatoms. The van der Waals surface area contributed by atoms with Gasteiger partial charge in [-0.05, 0) is 25.1 Å². The van der Waals surface area contributed by atoms with E-state index in [-0.39, 0.29) is 6.04 Å². The number of aryl methyl sites for hydroxylation is 1. The average molecular weight is 283 g/mol. The fraction of sp³-hybridized carbons (Fsp3) is 0.333. The third-order valence-corrected chi connectivity index (χ3v) is 3.69. The number of benzene rings is 2. The summed E-state index contributed by atoms with van der Waals surface area (Å²) in [7, 11) is 0. The maximum atomic E-state index is 5.87.